The second kappa shape index (κ2) is 8.07. The van der Waals surface area contributed by atoms with Gasteiger partial charge in [-0.1, -0.05) is 31.5 Å². The van der Waals surface area contributed by atoms with E-state index in [1.165, 1.54) is 11.1 Å². The van der Waals surface area contributed by atoms with E-state index in [1.807, 2.05) is 12.1 Å². The number of Topliss-reactive ketones (excluding diaryl/α,β-unsaturated/α-hetero) is 1. The molecule has 1 N–H and O–H groups in total. The molecule has 29 heavy (non-hydrogen) atoms. The van der Waals surface area contributed by atoms with Gasteiger partial charge in [0.05, 0.1) is 0 Å². The molecule has 1 amide bonds. The summed E-state index contributed by atoms with van der Waals surface area (Å²) in [7, 11) is 0. The lowest BCUT2D eigenvalue weighted by molar-refractivity contribution is -0.133. The van der Waals surface area contributed by atoms with Crippen LogP contribution in [0.15, 0.2) is 18.2 Å². The third-order valence-electron chi connectivity index (χ3n) is 7.06. The minimum absolute atomic E-state index is 0.0544. The fourth-order valence-electron chi connectivity index (χ4n) is 5.02. The van der Waals surface area contributed by atoms with Gasteiger partial charge in [0.1, 0.15) is 17.9 Å². The number of carbonyl (C=O) groups excluding carboxylic acids is 2. The Morgan fingerprint density at radius 3 is 2.69 bits per heavy atom. The van der Waals surface area contributed by atoms with Crippen LogP contribution in [-0.4, -0.2) is 72.9 Å². The normalized spacial score (nSPS) is 29.8. The van der Waals surface area contributed by atoms with Crippen molar-refractivity contribution in [3.05, 3.63) is 29.3 Å². The van der Waals surface area contributed by atoms with Crippen LogP contribution >= 0.6 is 0 Å². The summed E-state index contributed by atoms with van der Waals surface area (Å²) in [5, 5.41) is 3.02. The van der Waals surface area contributed by atoms with Crippen molar-refractivity contribution in [2.45, 2.75) is 57.6 Å². The van der Waals surface area contributed by atoms with Crippen molar-refractivity contribution in [1.29, 1.82) is 0 Å². The fraction of sp³-hybridized carbons (Fsp3) is 0.652. The van der Waals surface area contributed by atoms with Gasteiger partial charge in [-0.15, -0.1) is 0 Å². The molecule has 3 aliphatic rings. The molecule has 6 heteroatoms. The first-order valence-corrected chi connectivity index (χ1v) is 11.0. The second-order valence-electron chi connectivity index (χ2n) is 8.99. The molecule has 1 saturated carbocycles. The van der Waals surface area contributed by atoms with Crippen molar-refractivity contribution in [2.75, 3.05) is 39.3 Å². The molecule has 0 bridgehead atoms. The van der Waals surface area contributed by atoms with E-state index in [1.54, 1.807) is 0 Å². The molecule has 2 fully saturated rings. The van der Waals surface area contributed by atoms with Crippen LogP contribution in [0.2, 0.25) is 0 Å². The number of ether oxygens (including phenoxy) is 1. The van der Waals surface area contributed by atoms with Crippen molar-refractivity contribution < 1.29 is 14.3 Å². The third-order valence-corrected chi connectivity index (χ3v) is 7.06. The molecule has 1 aliphatic carbocycles. The van der Waals surface area contributed by atoms with Gasteiger partial charge < -0.3 is 19.9 Å². The van der Waals surface area contributed by atoms with Gasteiger partial charge in [0.25, 0.3) is 0 Å². The molecule has 2 heterocycles. The molecule has 0 aromatic heterocycles. The standard InChI is InChI=1S/C23H33N3O3/c1-4-25-11-13-26(14-12-25)10-8-20(28)24-21-18(27)7-9-23(3)17-15-16(2)5-6-19(17)29-22(21)23/h5-6,15,21-22H,4,7-14H2,1-3H3,(H,24,28)/t21-,22-,23-/m0/s1. The Labute approximate surface area is 173 Å². The molecule has 0 spiro atoms. The first kappa shape index (κ1) is 20.4. The van der Waals surface area contributed by atoms with Crippen molar-refractivity contribution in [3.8, 4) is 5.75 Å². The van der Waals surface area contributed by atoms with Gasteiger partial charge in [0, 0.05) is 56.5 Å². The van der Waals surface area contributed by atoms with Crippen LogP contribution in [0.1, 0.15) is 44.2 Å². The fourth-order valence-corrected chi connectivity index (χ4v) is 5.02. The van der Waals surface area contributed by atoms with Crippen LogP contribution in [0.25, 0.3) is 0 Å². The highest BCUT2D eigenvalue weighted by atomic mass is 16.5. The lowest BCUT2D eigenvalue weighted by atomic mass is 9.67. The van der Waals surface area contributed by atoms with Crippen LogP contribution in [-0.2, 0) is 15.0 Å². The van der Waals surface area contributed by atoms with Gasteiger partial charge in [0.2, 0.25) is 5.91 Å². The average molecular weight is 400 g/mol. The van der Waals surface area contributed by atoms with E-state index in [9.17, 15) is 9.59 Å². The summed E-state index contributed by atoms with van der Waals surface area (Å²) in [6.07, 6.45) is 1.35. The molecule has 1 saturated heterocycles. The topological polar surface area (TPSA) is 61.9 Å². The summed E-state index contributed by atoms with van der Waals surface area (Å²) < 4.78 is 6.22. The molecule has 158 valence electrons. The molecule has 0 radical (unpaired) electrons. The van der Waals surface area contributed by atoms with Crippen molar-refractivity contribution in [1.82, 2.24) is 15.1 Å². The van der Waals surface area contributed by atoms with Crippen LogP contribution in [0.5, 0.6) is 5.75 Å². The van der Waals surface area contributed by atoms with Crippen LogP contribution in [0.4, 0.5) is 0 Å². The Bertz CT molecular complexity index is 788. The largest absolute Gasteiger partial charge is 0.487 e. The number of amides is 1. The van der Waals surface area contributed by atoms with E-state index < -0.39 is 6.04 Å². The maximum absolute atomic E-state index is 12.7. The van der Waals surface area contributed by atoms with E-state index in [4.69, 9.17) is 4.74 Å². The number of piperazine rings is 1. The molecular weight excluding hydrogens is 366 g/mol. The maximum Gasteiger partial charge on any atom is 0.221 e. The number of rotatable bonds is 5. The van der Waals surface area contributed by atoms with Gasteiger partial charge in [0.15, 0.2) is 5.78 Å². The Kier molecular flexibility index (Phi) is 5.67. The van der Waals surface area contributed by atoms with Crippen LogP contribution in [0.3, 0.4) is 0 Å². The zero-order chi connectivity index (χ0) is 20.6. The first-order valence-electron chi connectivity index (χ1n) is 11.0. The van der Waals surface area contributed by atoms with E-state index in [0.717, 1.165) is 51.4 Å². The van der Waals surface area contributed by atoms with Gasteiger partial charge >= 0.3 is 0 Å². The Hall–Kier alpha value is -1.92. The molecule has 6 nitrogen and oxygen atoms in total. The number of hydrogen-bond acceptors (Lipinski definition) is 5. The van der Waals surface area contributed by atoms with E-state index in [0.29, 0.717) is 12.8 Å². The summed E-state index contributed by atoms with van der Waals surface area (Å²) in [6.45, 7) is 12.4. The van der Waals surface area contributed by atoms with E-state index in [-0.39, 0.29) is 23.2 Å². The number of nitrogens with zero attached hydrogens (tertiary/aromatic N) is 2. The predicted molar refractivity (Wildman–Crippen MR) is 112 cm³/mol. The van der Waals surface area contributed by atoms with Crippen molar-refractivity contribution in [3.63, 3.8) is 0 Å². The molecular formula is C23H33N3O3. The molecule has 1 aromatic rings. The zero-order valence-corrected chi connectivity index (χ0v) is 17.9. The summed E-state index contributed by atoms with van der Waals surface area (Å²) in [6, 6.07) is 5.63. The number of aryl methyl sites for hydroxylation is 1. The highest BCUT2D eigenvalue weighted by Gasteiger charge is 2.54. The molecule has 0 unspecified atom stereocenters. The predicted octanol–water partition coefficient (Wildman–Crippen LogP) is 1.89. The van der Waals surface area contributed by atoms with Gasteiger partial charge in [-0.2, -0.15) is 0 Å². The molecule has 4 rings (SSSR count). The van der Waals surface area contributed by atoms with E-state index >= 15 is 0 Å². The first-order chi connectivity index (χ1) is 13.9. The molecule has 3 atom stereocenters. The maximum atomic E-state index is 12.7. The lowest BCUT2D eigenvalue weighted by Crippen LogP contribution is -2.59. The van der Waals surface area contributed by atoms with Gasteiger partial charge in [-0.3, -0.25) is 9.59 Å². The summed E-state index contributed by atoms with van der Waals surface area (Å²) in [5.74, 6) is 0.883. The second-order valence-corrected chi connectivity index (χ2v) is 8.99. The smallest absolute Gasteiger partial charge is 0.221 e. The van der Waals surface area contributed by atoms with Crippen molar-refractivity contribution in [2.24, 2.45) is 0 Å². The highest BCUT2D eigenvalue weighted by molar-refractivity contribution is 5.91. The third kappa shape index (κ3) is 3.92. The van der Waals surface area contributed by atoms with Gasteiger partial charge in [-0.05, 0) is 26.0 Å². The minimum Gasteiger partial charge on any atom is -0.487 e. The number of hydrogen-bond donors (Lipinski definition) is 1. The monoisotopic (exact) mass is 399 g/mol. The number of likely N-dealkylation sites (N-methyl/N-ethyl adjacent to an activating group) is 1. The van der Waals surface area contributed by atoms with Crippen LogP contribution < -0.4 is 10.1 Å². The molecule has 1 aromatic carbocycles. The number of fused-ring (bicyclic) bond motifs is 3. The number of nitrogens with one attached hydrogen (secondary N) is 1. The average Bonchev–Trinajstić information content (AvgIpc) is 3.02. The van der Waals surface area contributed by atoms with Gasteiger partial charge in [-0.25, -0.2) is 0 Å². The Morgan fingerprint density at radius 2 is 1.97 bits per heavy atom. The number of carbonyl (C=O) groups is 2. The summed E-state index contributed by atoms with van der Waals surface area (Å²) >= 11 is 0. The Balaban J connectivity index is 1.38. The lowest BCUT2D eigenvalue weighted by Gasteiger charge is -2.39. The summed E-state index contributed by atoms with van der Waals surface area (Å²) in [5.41, 5.74) is 2.13. The van der Waals surface area contributed by atoms with Crippen LogP contribution in [0, 0.1) is 6.92 Å². The number of ketones is 1. The quantitative estimate of drug-likeness (QED) is 0.819. The SMILES string of the molecule is CCN1CCN(CCC(=O)N[C@H]2C(=O)CC[C@@]3(C)c4cc(C)ccc4O[C@@H]23)CC1. The number of benzene rings is 1. The Morgan fingerprint density at radius 1 is 1.24 bits per heavy atom. The van der Waals surface area contributed by atoms with E-state index in [2.05, 4.69) is 42.0 Å². The summed E-state index contributed by atoms with van der Waals surface area (Å²) in [4.78, 5) is 30.1. The highest BCUT2D eigenvalue weighted by Crippen LogP contribution is 2.49. The zero-order valence-electron chi connectivity index (χ0n) is 17.9. The van der Waals surface area contributed by atoms with Crippen molar-refractivity contribution >= 4 is 11.7 Å². The minimum atomic E-state index is -0.564. The molecule has 2 aliphatic heterocycles.